The molecule has 0 saturated carbocycles. The Morgan fingerprint density at radius 3 is 2.93 bits per heavy atom. The summed E-state index contributed by atoms with van der Waals surface area (Å²) in [5, 5.41) is 9.37. The largest absolute Gasteiger partial charge is 0.345 e. The summed E-state index contributed by atoms with van der Waals surface area (Å²) in [7, 11) is 0. The molecule has 1 aromatic heterocycles. The second-order valence-corrected chi connectivity index (χ2v) is 3.22. The average Bonchev–Trinajstić information content (AvgIpc) is 2.62. The fourth-order valence-corrected chi connectivity index (χ4v) is 0.890. The number of carbonyl (C=O) groups excluding carboxylic acids is 1. The third kappa shape index (κ3) is 2.69. The Morgan fingerprint density at radius 2 is 2.43 bits per heavy atom. The van der Waals surface area contributed by atoms with Gasteiger partial charge in [-0.05, 0) is 6.08 Å². The lowest BCUT2D eigenvalue weighted by Crippen LogP contribution is -2.20. The molecule has 0 aliphatic rings. The van der Waals surface area contributed by atoms with Gasteiger partial charge in [0.25, 0.3) is 0 Å². The van der Waals surface area contributed by atoms with Crippen molar-refractivity contribution in [3.05, 3.63) is 24.3 Å². The van der Waals surface area contributed by atoms with E-state index in [0.717, 1.165) is 5.82 Å². The highest BCUT2D eigenvalue weighted by Gasteiger charge is 2.06. The van der Waals surface area contributed by atoms with Gasteiger partial charge in [0.15, 0.2) is 5.82 Å². The first kappa shape index (κ1) is 10.4. The van der Waals surface area contributed by atoms with Crippen LogP contribution in [0, 0.1) is 0 Å². The molecule has 0 unspecified atom stereocenters. The van der Waals surface area contributed by atoms with E-state index in [4.69, 9.17) is 0 Å². The van der Waals surface area contributed by atoms with Crippen LogP contribution in [-0.2, 0) is 11.3 Å². The molecule has 1 amide bonds. The SMILES string of the molecule is C=CC(=O)NCc1nc(C(C)C)n[nH]1. The van der Waals surface area contributed by atoms with E-state index in [1.165, 1.54) is 6.08 Å². The molecule has 0 aromatic carbocycles. The molecule has 2 N–H and O–H groups in total. The van der Waals surface area contributed by atoms with E-state index in [0.29, 0.717) is 12.4 Å². The van der Waals surface area contributed by atoms with Crippen molar-refractivity contribution in [2.24, 2.45) is 0 Å². The van der Waals surface area contributed by atoms with Crippen LogP contribution in [0.15, 0.2) is 12.7 Å². The highest BCUT2D eigenvalue weighted by atomic mass is 16.1. The summed E-state index contributed by atoms with van der Waals surface area (Å²) in [5.74, 6) is 1.49. The zero-order valence-corrected chi connectivity index (χ0v) is 8.37. The van der Waals surface area contributed by atoms with Gasteiger partial charge in [0.2, 0.25) is 5.91 Å². The van der Waals surface area contributed by atoms with Crippen LogP contribution in [0.2, 0.25) is 0 Å². The number of rotatable bonds is 4. The lowest BCUT2D eigenvalue weighted by molar-refractivity contribution is -0.116. The van der Waals surface area contributed by atoms with Gasteiger partial charge in [0.1, 0.15) is 5.82 Å². The van der Waals surface area contributed by atoms with Crippen molar-refractivity contribution in [1.82, 2.24) is 20.5 Å². The molecule has 0 atom stereocenters. The first-order valence-corrected chi connectivity index (χ1v) is 4.45. The lowest BCUT2D eigenvalue weighted by atomic mass is 10.2. The second kappa shape index (κ2) is 4.55. The Hall–Kier alpha value is -1.65. The number of aromatic amines is 1. The number of nitrogens with one attached hydrogen (secondary N) is 2. The molecule has 1 heterocycles. The zero-order valence-electron chi connectivity index (χ0n) is 8.37. The molecule has 1 aromatic rings. The van der Waals surface area contributed by atoms with E-state index in [1.54, 1.807) is 0 Å². The standard InChI is InChI=1S/C9H14N4O/c1-4-8(14)10-5-7-11-9(6(2)3)13-12-7/h4,6H,1,5H2,2-3H3,(H,10,14)(H,11,12,13). The van der Waals surface area contributed by atoms with Gasteiger partial charge in [-0.3, -0.25) is 9.89 Å². The van der Waals surface area contributed by atoms with Gasteiger partial charge in [-0.1, -0.05) is 20.4 Å². The van der Waals surface area contributed by atoms with Crippen LogP contribution in [0.4, 0.5) is 0 Å². The Labute approximate surface area is 82.6 Å². The van der Waals surface area contributed by atoms with Crippen LogP contribution in [0.1, 0.15) is 31.4 Å². The Morgan fingerprint density at radius 1 is 1.71 bits per heavy atom. The molecule has 0 radical (unpaired) electrons. The molecule has 0 fully saturated rings. The number of amides is 1. The number of hydrogen-bond acceptors (Lipinski definition) is 3. The first-order chi connectivity index (χ1) is 6.63. The summed E-state index contributed by atoms with van der Waals surface area (Å²) in [4.78, 5) is 15.0. The van der Waals surface area contributed by atoms with E-state index < -0.39 is 0 Å². The minimum absolute atomic E-state index is 0.215. The molecule has 14 heavy (non-hydrogen) atoms. The summed E-state index contributed by atoms with van der Waals surface area (Å²) in [5.41, 5.74) is 0. The molecule has 0 bridgehead atoms. The topological polar surface area (TPSA) is 70.7 Å². The number of nitrogens with zero attached hydrogens (tertiary/aromatic N) is 2. The van der Waals surface area contributed by atoms with Crippen LogP contribution in [0.3, 0.4) is 0 Å². The van der Waals surface area contributed by atoms with Gasteiger partial charge in [-0.25, -0.2) is 4.98 Å². The molecule has 76 valence electrons. The van der Waals surface area contributed by atoms with Crippen molar-refractivity contribution < 1.29 is 4.79 Å². The number of aromatic nitrogens is 3. The number of carbonyl (C=O) groups is 1. The van der Waals surface area contributed by atoms with Gasteiger partial charge in [-0.15, -0.1) is 0 Å². The van der Waals surface area contributed by atoms with Crippen molar-refractivity contribution in [3.8, 4) is 0 Å². The van der Waals surface area contributed by atoms with Crippen molar-refractivity contribution in [1.29, 1.82) is 0 Å². The van der Waals surface area contributed by atoms with E-state index in [9.17, 15) is 4.79 Å². The van der Waals surface area contributed by atoms with E-state index >= 15 is 0 Å². The first-order valence-electron chi connectivity index (χ1n) is 4.45. The Balaban J connectivity index is 2.51. The van der Waals surface area contributed by atoms with Crippen LogP contribution < -0.4 is 5.32 Å². The maximum absolute atomic E-state index is 10.8. The minimum atomic E-state index is -0.215. The Kier molecular flexibility index (Phi) is 3.39. The van der Waals surface area contributed by atoms with Gasteiger partial charge in [0.05, 0.1) is 6.54 Å². The maximum atomic E-state index is 10.8. The fourth-order valence-electron chi connectivity index (χ4n) is 0.890. The van der Waals surface area contributed by atoms with Crippen LogP contribution in [0.5, 0.6) is 0 Å². The minimum Gasteiger partial charge on any atom is -0.345 e. The highest BCUT2D eigenvalue weighted by molar-refractivity contribution is 5.86. The van der Waals surface area contributed by atoms with Crippen LogP contribution in [0.25, 0.3) is 0 Å². The third-order valence-electron chi connectivity index (χ3n) is 1.68. The fraction of sp³-hybridized carbons (Fsp3) is 0.444. The van der Waals surface area contributed by atoms with E-state index in [1.807, 2.05) is 13.8 Å². The molecule has 0 saturated heterocycles. The quantitative estimate of drug-likeness (QED) is 0.694. The maximum Gasteiger partial charge on any atom is 0.243 e. The molecule has 0 spiro atoms. The van der Waals surface area contributed by atoms with Gasteiger partial charge >= 0.3 is 0 Å². The zero-order chi connectivity index (χ0) is 10.6. The van der Waals surface area contributed by atoms with Crippen molar-refractivity contribution >= 4 is 5.91 Å². The van der Waals surface area contributed by atoms with Gasteiger partial charge < -0.3 is 5.32 Å². The molecule has 1 rings (SSSR count). The summed E-state index contributed by atoms with van der Waals surface area (Å²) >= 11 is 0. The normalized spacial score (nSPS) is 10.2. The van der Waals surface area contributed by atoms with Crippen LogP contribution >= 0.6 is 0 Å². The highest BCUT2D eigenvalue weighted by Crippen LogP contribution is 2.07. The molecule has 0 aliphatic heterocycles. The van der Waals surface area contributed by atoms with Gasteiger partial charge in [-0.2, -0.15) is 5.10 Å². The third-order valence-corrected chi connectivity index (χ3v) is 1.68. The molecular formula is C9H14N4O. The van der Waals surface area contributed by atoms with Gasteiger partial charge in [0, 0.05) is 5.92 Å². The van der Waals surface area contributed by atoms with Crippen molar-refractivity contribution in [2.45, 2.75) is 26.3 Å². The summed E-state index contributed by atoms with van der Waals surface area (Å²) in [6.45, 7) is 7.72. The monoisotopic (exact) mass is 194 g/mol. The molecule has 5 heteroatoms. The number of hydrogen-bond donors (Lipinski definition) is 2. The average molecular weight is 194 g/mol. The Bertz CT molecular complexity index is 329. The lowest BCUT2D eigenvalue weighted by Gasteiger charge is -1.97. The van der Waals surface area contributed by atoms with Crippen LogP contribution in [-0.4, -0.2) is 21.1 Å². The smallest absolute Gasteiger partial charge is 0.243 e. The predicted octanol–water partition coefficient (Wildman–Crippen LogP) is 0.730. The van der Waals surface area contributed by atoms with Crippen molar-refractivity contribution in [3.63, 3.8) is 0 Å². The number of H-pyrrole nitrogens is 1. The molecule has 0 aliphatic carbocycles. The molecule has 5 nitrogen and oxygen atoms in total. The van der Waals surface area contributed by atoms with E-state index in [-0.39, 0.29) is 11.8 Å². The van der Waals surface area contributed by atoms with Crippen molar-refractivity contribution in [2.75, 3.05) is 0 Å². The second-order valence-electron chi connectivity index (χ2n) is 3.22. The van der Waals surface area contributed by atoms with E-state index in [2.05, 4.69) is 27.1 Å². The summed E-state index contributed by atoms with van der Waals surface area (Å²) < 4.78 is 0. The predicted molar refractivity (Wildman–Crippen MR) is 52.5 cm³/mol. The summed E-state index contributed by atoms with van der Waals surface area (Å²) in [6, 6.07) is 0. The summed E-state index contributed by atoms with van der Waals surface area (Å²) in [6.07, 6.45) is 1.22. The molecular weight excluding hydrogens is 180 g/mol.